The molecule has 2 aliphatic heterocycles. The first-order chi connectivity index (χ1) is 13.6. The molecule has 0 bridgehead atoms. The van der Waals surface area contributed by atoms with E-state index in [9.17, 15) is 14.0 Å². The Kier molecular flexibility index (Phi) is 5.00. The van der Waals surface area contributed by atoms with Crippen LogP contribution in [0.25, 0.3) is 0 Å². The van der Waals surface area contributed by atoms with Crippen LogP contribution < -0.4 is 15.4 Å². The Bertz CT molecular complexity index is 892. The molecule has 28 heavy (non-hydrogen) atoms. The third-order valence-corrected chi connectivity index (χ3v) is 5.37. The van der Waals surface area contributed by atoms with E-state index in [1.165, 1.54) is 12.1 Å². The third kappa shape index (κ3) is 3.71. The van der Waals surface area contributed by atoms with E-state index in [0.29, 0.717) is 36.8 Å². The predicted molar refractivity (Wildman–Crippen MR) is 101 cm³/mol. The minimum atomic E-state index is -0.298. The van der Waals surface area contributed by atoms with Crippen molar-refractivity contribution in [2.24, 2.45) is 0 Å². The second kappa shape index (κ2) is 7.59. The molecule has 1 saturated heterocycles. The monoisotopic (exact) mass is 384 g/mol. The van der Waals surface area contributed by atoms with E-state index in [-0.39, 0.29) is 29.7 Å². The summed E-state index contributed by atoms with van der Waals surface area (Å²) in [6.45, 7) is 1.58. The highest BCUT2D eigenvalue weighted by Gasteiger charge is 2.35. The van der Waals surface area contributed by atoms with Crippen LogP contribution in [-0.4, -0.2) is 38.2 Å². The van der Waals surface area contributed by atoms with Gasteiger partial charge in [-0.15, -0.1) is 0 Å². The molecule has 1 fully saturated rings. The van der Waals surface area contributed by atoms with Crippen molar-refractivity contribution in [3.63, 3.8) is 0 Å². The fourth-order valence-corrected chi connectivity index (χ4v) is 3.71. The second-order valence-electron chi connectivity index (χ2n) is 7.13. The summed E-state index contributed by atoms with van der Waals surface area (Å²) in [5.74, 6) is -0.227. The molecular weight excluding hydrogens is 363 g/mol. The van der Waals surface area contributed by atoms with Crippen LogP contribution in [0.3, 0.4) is 0 Å². The van der Waals surface area contributed by atoms with Crippen molar-refractivity contribution >= 4 is 17.5 Å². The standard InChI is InChI=1S/C21H21FN2O4/c22-16-4-2-15(3-5-16)21(7-9-27-10-8-21)13-23-20(26)14-1-6-18-17(11-14)24-19(25)12-28-18/h1-6,11H,7-10,12-13H2,(H,23,26)(H,24,25). The van der Waals surface area contributed by atoms with Gasteiger partial charge in [-0.3, -0.25) is 9.59 Å². The molecule has 0 spiro atoms. The number of fused-ring (bicyclic) bond motifs is 1. The number of ether oxygens (including phenoxy) is 2. The molecule has 2 aromatic rings. The lowest BCUT2D eigenvalue weighted by atomic mass is 9.74. The van der Waals surface area contributed by atoms with E-state index in [1.807, 2.05) is 0 Å². The van der Waals surface area contributed by atoms with Gasteiger partial charge in [-0.1, -0.05) is 12.1 Å². The second-order valence-corrected chi connectivity index (χ2v) is 7.13. The van der Waals surface area contributed by atoms with E-state index in [2.05, 4.69) is 10.6 Å². The van der Waals surface area contributed by atoms with Crippen molar-refractivity contribution in [1.29, 1.82) is 0 Å². The summed E-state index contributed by atoms with van der Waals surface area (Å²) in [5.41, 5.74) is 1.62. The smallest absolute Gasteiger partial charge is 0.262 e. The number of amides is 2. The van der Waals surface area contributed by atoms with E-state index >= 15 is 0 Å². The van der Waals surface area contributed by atoms with Crippen molar-refractivity contribution < 1.29 is 23.5 Å². The van der Waals surface area contributed by atoms with Gasteiger partial charge in [0, 0.05) is 30.7 Å². The lowest BCUT2D eigenvalue weighted by Crippen LogP contribution is -2.44. The van der Waals surface area contributed by atoms with Crippen molar-refractivity contribution in [1.82, 2.24) is 5.32 Å². The fourth-order valence-electron chi connectivity index (χ4n) is 3.71. The van der Waals surface area contributed by atoms with E-state index in [1.54, 1.807) is 30.3 Å². The predicted octanol–water partition coefficient (Wildman–Crippen LogP) is 2.63. The summed E-state index contributed by atoms with van der Waals surface area (Å²) in [5, 5.41) is 5.70. The number of hydrogen-bond donors (Lipinski definition) is 2. The van der Waals surface area contributed by atoms with Gasteiger partial charge in [-0.25, -0.2) is 4.39 Å². The Morgan fingerprint density at radius 2 is 1.89 bits per heavy atom. The summed E-state index contributed by atoms with van der Waals surface area (Å²) in [6, 6.07) is 11.4. The molecule has 2 aromatic carbocycles. The molecule has 0 radical (unpaired) electrons. The number of anilines is 1. The average Bonchev–Trinajstić information content (AvgIpc) is 2.72. The average molecular weight is 384 g/mol. The molecule has 2 amide bonds. The van der Waals surface area contributed by atoms with Gasteiger partial charge in [0.2, 0.25) is 0 Å². The van der Waals surface area contributed by atoms with Crippen LogP contribution in [0.4, 0.5) is 10.1 Å². The van der Waals surface area contributed by atoms with Gasteiger partial charge in [-0.2, -0.15) is 0 Å². The van der Waals surface area contributed by atoms with Crippen molar-refractivity contribution in [2.75, 3.05) is 31.7 Å². The number of benzene rings is 2. The molecule has 2 heterocycles. The van der Waals surface area contributed by atoms with Crippen LogP contribution in [0, 0.1) is 5.82 Å². The lowest BCUT2D eigenvalue weighted by Gasteiger charge is -2.38. The normalized spacial score (nSPS) is 17.8. The fraction of sp³-hybridized carbons (Fsp3) is 0.333. The number of nitrogens with one attached hydrogen (secondary N) is 2. The van der Waals surface area contributed by atoms with Crippen LogP contribution in [0.1, 0.15) is 28.8 Å². The third-order valence-electron chi connectivity index (χ3n) is 5.37. The van der Waals surface area contributed by atoms with Gasteiger partial charge in [0.05, 0.1) is 5.69 Å². The zero-order valence-corrected chi connectivity index (χ0v) is 15.3. The Balaban J connectivity index is 1.51. The lowest BCUT2D eigenvalue weighted by molar-refractivity contribution is -0.118. The molecular formula is C21H21FN2O4. The molecule has 7 heteroatoms. The summed E-state index contributed by atoms with van der Waals surface area (Å²) in [4.78, 5) is 24.2. The molecule has 6 nitrogen and oxygen atoms in total. The zero-order chi connectivity index (χ0) is 19.6. The highest BCUT2D eigenvalue weighted by molar-refractivity contribution is 5.99. The topological polar surface area (TPSA) is 76.7 Å². The highest BCUT2D eigenvalue weighted by Crippen LogP contribution is 2.35. The minimum Gasteiger partial charge on any atom is -0.482 e. The quantitative estimate of drug-likeness (QED) is 0.850. The first kappa shape index (κ1) is 18.4. The molecule has 0 aliphatic carbocycles. The minimum absolute atomic E-state index is 0.0270. The maximum absolute atomic E-state index is 13.3. The van der Waals surface area contributed by atoms with Crippen LogP contribution in [-0.2, 0) is 14.9 Å². The van der Waals surface area contributed by atoms with Gasteiger partial charge in [0.15, 0.2) is 6.61 Å². The van der Waals surface area contributed by atoms with Gasteiger partial charge in [0.25, 0.3) is 11.8 Å². The van der Waals surface area contributed by atoms with Crippen molar-refractivity contribution in [2.45, 2.75) is 18.3 Å². The summed E-state index contributed by atoms with van der Waals surface area (Å²) >= 11 is 0. The molecule has 0 saturated carbocycles. The molecule has 0 aromatic heterocycles. The SMILES string of the molecule is O=C1COc2ccc(C(=O)NCC3(c4ccc(F)cc4)CCOCC3)cc2N1. The largest absolute Gasteiger partial charge is 0.482 e. The Hall–Kier alpha value is -2.93. The van der Waals surface area contributed by atoms with E-state index < -0.39 is 0 Å². The highest BCUT2D eigenvalue weighted by atomic mass is 19.1. The molecule has 0 unspecified atom stereocenters. The first-order valence-electron chi connectivity index (χ1n) is 9.24. The summed E-state index contributed by atoms with van der Waals surface area (Å²) in [6.07, 6.45) is 1.49. The van der Waals surface area contributed by atoms with Gasteiger partial charge in [0.1, 0.15) is 11.6 Å². The van der Waals surface area contributed by atoms with Crippen LogP contribution in [0.15, 0.2) is 42.5 Å². The van der Waals surface area contributed by atoms with Crippen molar-refractivity contribution in [3.8, 4) is 5.75 Å². The molecule has 2 aliphatic rings. The van der Waals surface area contributed by atoms with Gasteiger partial charge < -0.3 is 20.1 Å². The van der Waals surface area contributed by atoms with Gasteiger partial charge in [-0.05, 0) is 48.7 Å². The number of hydrogen-bond acceptors (Lipinski definition) is 4. The molecule has 0 atom stereocenters. The number of carbonyl (C=O) groups is 2. The molecule has 2 N–H and O–H groups in total. The maximum atomic E-state index is 13.3. The van der Waals surface area contributed by atoms with Crippen LogP contribution in [0.5, 0.6) is 5.75 Å². The Morgan fingerprint density at radius 1 is 1.14 bits per heavy atom. The Morgan fingerprint density at radius 3 is 2.64 bits per heavy atom. The first-order valence-corrected chi connectivity index (χ1v) is 9.24. The van der Waals surface area contributed by atoms with E-state index in [4.69, 9.17) is 9.47 Å². The maximum Gasteiger partial charge on any atom is 0.262 e. The number of halogens is 1. The van der Waals surface area contributed by atoms with Crippen LogP contribution >= 0.6 is 0 Å². The Labute approximate surface area is 162 Å². The molecule has 146 valence electrons. The molecule has 4 rings (SSSR count). The zero-order valence-electron chi connectivity index (χ0n) is 15.3. The van der Waals surface area contributed by atoms with Gasteiger partial charge >= 0.3 is 0 Å². The van der Waals surface area contributed by atoms with E-state index in [0.717, 1.165) is 18.4 Å². The van der Waals surface area contributed by atoms with Crippen molar-refractivity contribution in [3.05, 3.63) is 59.4 Å². The number of carbonyl (C=O) groups excluding carboxylic acids is 2. The summed E-state index contributed by atoms with van der Waals surface area (Å²) in [7, 11) is 0. The van der Waals surface area contributed by atoms with Crippen LogP contribution in [0.2, 0.25) is 0 Å². The number of rotatable bonds is 4. The summed E-state index contributed by atoms with van der Waals surface area (Å²) < 4.78 is 24.2.